The number of ether oxygens (including phenoxy) is 1. The lowest BCUT2D eigenvalue weighted by molar-refractivity contribution is 0.386. The van der Waals surface area contributed by atoms with Gasteiger partial charge >= 0.3 is 0 Å². The molecule has 2 nitrogen and oxygen atoms in total. The van der Waals surface area contributed by atoms with E-state index in [0.717, 1.165) is 20.8 Å². The van der Waals surface area contributed by atoms with Crippen LogP contribution in [0, 0.1) is 5.82 Å². The molecule has 1 unspecified atom stereocenters. The van der Waals surface area contributed by atoms with Gasteiger partial charge in [-0.05, 0) is 46.2 Å². The summed E-state index contributed by atoms with van der Waals surface area (Å²) in [6, 6.07) is 6.80. The fourth-order valence-electron chi connectivity index (χ4n) is 1.95. The molecule has 108 valence electrons. The third-order valence-corrected chi connectivity index (χ3v) is 5.41. The van der Waals surface area contributed by atoms with Gasteiger partial charge in [0.15, 0.2) is 11.6 Å². The van der Waals surface area contributed by atoms with Gasteiger partial charge in [-0.2, -0.15) is 0 Å². The van der Waals surface area contributed by atoms with E-state index in [-0.39, 0.29) is 17.6 Å². The standard InChI is InChI=1S/C14H14BrClFNOS/c1-3-18-13(12-7-9(16)14(15)20-12)8-4-5-11(19-2)10(17)6-8/h4-7,13,18H,3H2,1-2H3. The highest BCUT2D eigenvalue weighted by atomic mass is 79.9. The molecule has 0 amide bonds. The number of halogens is 3. The third kappa shape index (κ3) is 3.34. The van der Waals surface area contributed by atoms with Crippen LogP contribution >= 0.6 is 38.9 Å². The average Bonchev–Trinajstić information content (AvgIpc) is 2.75. The summed E-state index contributed by atoms with van der Waals surface area (Å²) >= 11 is 11.0. The maximum absolute atomic E-state index is 13.9. The largest absolute Gasteiger partial charge is 0.494 e. The Bertz CT molecular complexity index is 585. The summed E-state index contributed by atoms with van der Waals surface area (Å²) in [5.74, 6) is -0.121. The monoisotopic (exact) mass is 377 g/mol. The molecule has 0 bridgehead atoms. The van der Waals surface area contributed by atoms with Crippen LogP contribution in [0.3, 0.4) is 0 Å². The van der Waals surface area contributed by atoms with Gasteiger partial charge in [0.25, 0.3) is 0 Å². The zero-order chi connectivity index (χ0) is 14.7. The highest BCUT2D eigenvalue weighted by molar-refractivity contribution is 9.11. The molecular weight excluding hydrogens is 365 g/mol. The van der Waals surface area contributed by atoms with Crippen molar-refractivity contribution >= 4 is 38.9 Å². The lowest BCUT2D eigenvalue weighted by atomic mass is 10.0. The van der Waals surface area contributed by atoms with E-state index in [1.165, 1.54) is 13.2 Å². The first-order valence-electron chi connectivity index (χ1n) is 6.08. The smallest absolute Gasteiger partial charge is 0.165 e. The summed E-state index contributed by atoms with van der Waals surface area (Å²) in [6.07, 6.45) is 0. The van der Waals surface area contributed by atoms with Crippen molar-refractivity contribution in [3.05, 3.63) is 49.3 Å². The molecule has 2 aromatic rings. The minimum absolute atomic E-state index is 0.0887. The van der Waals surface area contributed by atoms with Crippen LogP contribution in [0.1, 0.15) is 23.4 Å². The van der Waals surface area contributed by atoms with Gasteiger partial charge in [-0.25, -0.2) is 4.39 Å². The van der Waals surface area contributed by atoms with Crippen LogP contribution in [0.2, 0.25) is 5.02 Å². The van der Waals surface area contributed by atoms with Crippen LogP contribution in [0.4, 0.5) is 4.39 Å². The van der Waals surface area contributed by atoms with E-state index < -0.39 is 0 Å². The van der Waals surface area contributed by atoms with Gasteiger partial charge in [0.1, 0.15) is 0 Å². The molecular formula is C14H14BrClFNOS. The van der Waals surface area contributed by atoms with Crippen molar-refractivity contribution < 1.29 is 9.13 Å². The Kier molecular flexibility index (Phi) is 5.43. The lowest BCUT2D eigenvalue weighted by Gasteiger charge is -2.17. The Balaban J connectivity index is 2.40. The Morgan fingerprint density at radius 3 is 2.70 bits per heavy atom. The van der Waals surface area contributed by atoms with Crippen LogP contribution in [0.25, 0.3) is 0 Å². The maximum atomic E-state index is 13.9. The van der Waals surface area contributed by atoms with Crippen LogP contribution in [0.15, 0.2) is 28.1 Å². The molecule has 6 heteroatoms. The highest BCUT2D eigenvalue weighted by Crippen LogP contribution is 2.38. The number of methoxy groups -OCH3 is 1. The second-order valence-electron chi connectivity index (χ2n) is 4.16. The maximum Gasteiger partial charge on any atom is 0.165 e. The molecule has 0 spiro atoms. The van der Waals surface area contributed by atoms with Gasteiger partial charge in [-0.1, -0.05) is 24.6 Å². The van der Waals surface area contributed by atoms with Crippen molar-refractivity contribution in [3.63, 3.8) is 0 Å². The predicted molar refractivity (Wildman–Crippen MR) is 85.5 cm³/mol. The summed E-state index contributed by atoms with van der Waals surface area (Å²) in [6.45, 7) is 2.78. The van der Waals surface area contributed by atoms with Crippen molar-refractivity contribution in [1.82, 2.24) is 5.32 Å². The zero-order valence-electron chi connectivity index (χ0n) is 11.0. The van der Waals surface area contributed by atoms with Crippen molar-refractivity contribution in [3.8, 4) is 5.75 Å². The SMILES string of the molecule is CCNC(c1ccc(OC)c(F)c1)c1cc(Cl)c(Br)s1. The van der Waals surface area contributed by atoms with E-state index in [0.29, 0.717) is 5.02 Å². The number of hydrogen-bond donors (Lipinski definition) is 1. The van der Waals surface area contributed by atoms with Gasteiger partial charge in [-0.15, -0.1) is 11.3 Å². The summed E-state index contributed by atoms with van der Waals surface area (Å²) < 4.78 is 19.7. The zero-order valence-corrected chi connectivity index (χ0v) is 14.2. The highest BCUT2D eigenvalue weighted by Gasteiger charge is 2.18. The molecule has 1 N–H and O–H groups in total. The molecule has 0 fully saturated rings. The number of rotatable bonds is 5. The van der Waals surface area contributed by atoms with E-state index in [1.807, 2.05) is 19.1 Å². The Morgan fingerprint density at radius 1 is 1.45 bits per heavy atom. The van der Waals surface area contributed by atoms with Crippen LogP contribution in [0.5, 0.6) is 5.75 Å². The third-order valence-electron chi connectivity index (χ3n) is 2.87. The molecule has 2 rings (SSSR count). The predicted octanol–water partition coefficient (Wildman–Crippen LogP) is 5.01. The number of hydrogen-bond acceptors (Lipinski definition) is 3. The van der Waals surface area contributed by atoms with Crippen molar-refractivity contribution in [1.29, 1.82) is 0 Å². The molecule has 0 saturated heterocycles. The minimum Gasteiger partial charge on any atom is -0.494 e. The number of thiophene rings is 1. The van der Waals surface area contributed by atoms with Gasteiger partial charge in [0.05, 0.1) is 22.0 Å². The first kappa shape index (κ1) is 15.8. The molecule has 0 saturated carbocycles. The normalized spacial score (nSPS) is 12.4. The second kappa shape index (κ2) is 6.89. The van der Waals surface area contributed by atoms with E-state index in [4.69, 9.17) is 16.3 Å². The number of nitrogens with one attached hydrogen (secondary N) is 1. The van der Waals surface area contributed by atoms with E-state index in [1.54, 1.807) is 17.4 Å². The molecule has 1 heterocycles. The summed E-state index contributed by atoms with van der Waals surface area (Å²) in [5, 5.41) is 4.01. The van der Waals surface area contributed by atoms with E-state index >= 15 is 0 Å². The summed E-state index contributed by atoms with van der Waals surface area (Å²) in [5.41, 5.74) is 0.843. The van der Waals surface area contributed by atoms with Crippen molar-refractivity contribution in [2.24, 2.45) is 0 Å². The van der Waals surface area contributed by atoms with Gasteiger partial charge in [0, 0.05) is 4.88 Å². The molecule has 0 aliphatic heterocycles. The summed E-state index contributed by atoms with van der Waals surface area (Å²) in [7, 11) is 1.45. The topological polar surface area (TPSA) is 21.3 Å². The van der Waals surface area contributed by atoms with E-state index in [9.17, 15) is 4.39 Å². The van der Waals surface area contributed by atoms with Gasteiger partial charge in [-0.3, -0.25) is 0 Å². The van der Waals surface area contributed by atoms with Crippen molar-refractivity contribution in [2.45, 2.75) is 13.0 Å². The van der Waals surface area contributed by atoms with Crippen LogP contribution in [-0.4, -0.2) is 13.7 Å². The van der Waals surface area contributed by atoms with E-state index in [2.05, 4.69) is 21.2 Å². The molecule has 0 radical (unpaired) electrons. The quantitative estimate of drug-likeness (QED) is 0.789. The Morgan fingerprint density at radius 2 is 2.20 bits per heavy atom. The van der Waals surface area contributed by atoms with Gasteiger partial charge < -0.3 is 10.1 Å². The minimum atomic E-state index is -0.366. The molecule has 0 aliphatic rings. The Labute approximate surface area is 135 Å². The second-order valence-corrected chi connectivity index (χ2v) is 6.96. The first-order valence-corrected chi connectivity index (χ1v) is 8.07. The molecule has 1 aromatic carbocycles. The van der Waals surface area contributed by atoms with Crippen LogP contribution in [-0.2, 0) is 0 Å². The molecule has 0 aliphatic carbocycles. The summed E-state index contributed by atoms with van der Waals surface area (Å²) in [4.78, 5) is 1.04. The Hall–Kier alpha value is -0.620. The average molecular weight is 379 g/mol. The van der Waals surface area contributed by atoms with Gasteiger partial charge in [0.2, 0.25) is 0 Å². The molecule has 1 aromatic heterocycles. The van der Waals surface area contributed by atoms with Crippen molar-refractivity contribution in [2.75, 3.05) is 13.7 Å². The lowest BCUT2D eigenvalue weighted by Crippen LogP contribution is -2.21. The first-order chi connectivity index (χ1) is 9.56. The molecule has 20 heavy (non-hydrogen) atoms. The number of benzene rings is 1. The fourth-order valence-corrected chi connectivity index (χ4v) is 3.81. The fraction of sp³-hybridized carbons (Fsp3) is 0.286. The van der Waals surface area contributed by atoms with Crippen LogP contribution < -0.4 is 10.1 Å². The molecule has 1 atom stereocenters.